The third-order valence-electron chi connectivity index (χ3n) is 1.98. The van der Waals surface area contributed by atoms with E-state index in [0.717, 1.165) is 0 Å². The molecule has 1 aliphatic heterocycles. The minimum atomic E-state index is -0.931. The zero-order valence-corrected chi connectivity index (χ0v) is 7.91. The third-order valence-corrected chi connectivity index (χ3v) is 1.98. The van der Waals surface area contributed by atoms with E-state index in [-0.39, 0.29) is 25.4 Å². The van der Waals surface area contributed by atoms with Crippen LogP contribution < -0.4 is 5.32 Å². The topological polar surface area (TPSA) is 38.3 Å². The van der Waals surface area contributed by atoms with Crippen LogP contribution in [-0.4, -0.2) is 31.3 Å². The predicted molar refractivity (Wildman–Crippen MR) is 45.2 cm³/mol. The number of methoxy groups -OCH3 is 1. The molecule has 0 aromatic carbocycles. The lowest BCUT2D eigenvalue weighted by molar-refractivity contribution is -0.147. The summed E-state index contributed by atoms with van der Waals surface area (Å²) in [6, 6.07) is 0. The fraction of sp³-hybridized carbons (Fsp3) is 0.857. The smallest absolute Gasteiger partial charge is 0.325 e. The van der Waals surface area contributed by atoms with E-state index in [1.165, 1.54) is 7.11 Å². The molecule has 0 spiro atoms. The van der Waals surface area contributed by atoms with Crippen molar-refractivity contribution in [2.24, 2.45) is 0 Å². The molecule has 1 heterocycles. The van der Waals surface area contributed by atoms with Crippen molar-refractivity contribution in [1.82, 2.24) is 5.32 Å². The Morgan fingerprint density at radius 1 is 1.75 bits per heavy atom. The number of carbonyl (C=O) groups is 1. The number of nitrogens with one attached hydrogen (secondary N) is 1. The maximum atomic E-state index is 12.6. The molecule has 1 rings (SSSR count). The Balaban J connectivity index is 0.00000121. The van der Waals surface area contributed by atoms with E-state index >= 15 is 0 Å². The summed E-state index contributed by atoms with van der Waals surface area (Å²) in [7, 11) is 1.31. The summed E-state index contributed by atoms with van der Waals surface area (Å²) in [4.78, 5) is 11.0. The van der Waals surface area contributed by atoms with Gasteiger partial charge in [0.2, 0.25) is 0 Å². The molecular weight excluding hydrogens is 185 g/mol. The normalized spacial score (nSPS) is 34.1. The van der Waals surface area contributed by atoms with Crippen LogP contribution in [-0.2, 0) is 9.53 Å². The molecule has 12 heavy (non-hydrogen) atoms. The fourth-order valence-electron chi connectivity index (χ4n) is 1.30. The first-order chi connectivity index (χ1) is 5.08. The molecule has 1 saturated heterocycles. The molecule has 0 radical (unpaired) electrons. The van der Waals surface area contributed by atoms with Crippen LogP contribution in [0.5, 0.6) is 0 Å². The van der Waals surface area contributed by atoms with Gasteiger partial charge in [-0.2, -0.15) is 0 Å². The molecule has 0 amide bonds. The van der Waals surface area contributed by atoms with Gasteiger partial charge in [-0.1, -0.05) is 0 Å². The Bertz CT molecular complexity index is 179. The molecule has 2 atom stereocenters. The lowest BCUT2D eigenvalue weighted by Gasteiger charge is -2.19. The second-order valence-electron chi connectivity index (χ2n) is 3.01. The van der Waals surface area contributed by atoms with E-state index in [4.69, 9.17) is 0 Å². The first-order valence-corrected chi connectivity index (χ1v) is 3.56. The lowest BCUT2D eigenvalue weighted by Crippen LogP contribution is -2.45. The van der Waals surface area contributed by atoms with E-state index in [9.17, 15) is 9.18 Å². The molecular formula is C7H13ClFNO2. The largest absolute Gasteiger partial charge is 0.468 e. The van der Waals surface area contributed by atoms with Crippen LogP contribution in [0, 0.1) is 0 Å². The van der Waals surface area contributed by atoms with Gasteiger partial charge in [0.1, 0.15) is 11.7 Å². The monoisotopic (exact) mass is 197 g/mol. The molecule has 72 valence electrons. The van der Waals surface area contributed by atoms with Crippen molar-refractivity contribution in [3.63, 3.8) is 0 Å². The van der Waals surface area contributed by atoms with Crippen molar-refractivity contribution >= 4 is 18.4 Å². The van der Waals surface area contributed by atoms with Gasteiger partial charge < -0.3 is 4.74 Å². The SMILES string of the molecule is COC(=O)C1(C)C[C@@H](F)CN1.Cl. The van der Waals surface area contributed by atoms with E-state index in [1.54, 1.807) is 6.92 Å². The minimum absolute atomic E-state index is 0. The number of hydrogen-bond donors (Lipinski definition) is 1. The van der Waals surface area contributed by atoms with E-state index in [1.807, 2.05) is 0 Å². The van der Waals surface area contributed by atoms with Crippen LogP contribution in [0.1, 0.15) is 13.3 Å². The quantitative estimate of drug-likeness (QED) is 0.628. The second-order valence-corrected chi connectivity index (χ2v) is 3.01. The summed E-state index contributed by atoms with van der Waals surface area (Å²) >= 11 is 0. The van der Waals surface area contributed by atoms with Crippen molar-refractivity contribution in [3.8, 4) is 0 Å². The number of rotatable bonds is 1. The molecule has 1 aliphatic rings. The van der Waals surface area contributed by atoms with Gasteiger partial charge in [0.15, 0.2) is 0 Å². The van der Waals surface area contributed by atoms with Crippen molar-refractivity contribution < 1.29 is 13.9 Å². The molecule has 0 saturated carbocycles. The van der Waals surface area contributed by atoms with Crippen LogP contribution in [0.2, 0.25) is 0 Å². The van der Waals surface area contributed by atoms with Gasteiger partial charge in [-0.15, -0.1) is 12.4 Å². The van der Waals surface area contributed by atoms with Crippen molar-refractivity contribution in [2.45, 2.75) is 25.1 Å². The maximum Gasteiger partial charge on any atom is 0.325 e. The molecule has 5 heteroatoms. The molecule has 1 N–H and O–H groups in total. The number of halogens is 2. The highest BCUT2D eigenvalue weighted by Gasteiger charge is 2.41. The summed E-state index contributed by atoms with van der Waals surface area (Å²) in [6.45, 7) is 1.89. The van der Waals surface area contributed by atoms with Gasteiger partial charge in [-0.3, -0.25) is 10.1 Å². The van der Waals surface area contributed by atoms with Crippen LogP contribution in [0.4, 0.5) is 4.39 Å². The molecule has 3 nitrogen and oxygen atoms in total. The Morgan fingerprint density at radius 2 is 2.33 bits per heavy atom. The second kappa shape index (κ2) is 4.05. The van der Waals surface area contributed by atoms with Crippen molar-refractivity contribution in [1.29, 1.82) is 0 Å². The Labute approximate surface area is 77.1 Å². The van der Waals surface area contributed by atoms with Crippen molar-refractivity contribution in [3.05, 3.63) is 0 Å². The summed E-state index contributed by atoms with van der Waals surface area (Å²) in [5.74, 6) is -0.391. The number of hydrogen-bond acceptors (Lipinski definition) is 3. The molecule has 0 bridgehead atoms. The first kappa shape index (κ1) is 11.6. The molecule has 0 aromatic rings. The van der Waals surface area contributed by atoms with Crippen LogP contribution in [0.3, 0.4) is 0 Å². The molecule has 1 unspecified atom stereocenters. The Morgan fingerprint density at radius 3 is 2.67 bits per heavy atom. The average Bonchev–Trinajstić information content (AvgIpc) is 2.31. The van der Waals surface area contributed by atoms with Gasteiger partial charge >= 0.3 is 5.97 Å². The maximum absolute atomic E-state index is 12.6. The van der Waals surface area contributed by atoms with Crippen LogP contribution >= 0.6 is 12.4 Å². The highest BCUT2D eigenvalue weighted by Crippen LogP contribution is 2.22. The molecule has 1 fully saturated rings. The third kappa shape index (κ3) is 2.08. The minimum Gasteiger partial charge on any atom is -0.468 e. The zero-order chi connectivity index (χ0) is 8.48. The number of alkyl halides is 1. The Kier molecular flexibility index (Phi) is 3.93. The summed E-state index contributed by atoms with van der Waals surface area (Å²) < 4.78 is 17.2. The highest BCUT2D eigenvalue weighted by atomic mass is 35.5. The molecule has 0 aliphatic carbocycles. The summed E-state index contributed by atoms with van der Waals surface area (Å²) in [5.41, 5.74) is -0.811. The average molecular weight is 198 g/mol. The summed E-state index contributed by atoms with van der Waals surface area (Å²) in [5, 5.41) is 2.78. The van der Waals surface area contributed by atoms with E-state index in [0.29, 0.717) is 0 Å². The summed E-state index contributed by atoms with van der Waals surface area (Å²) in [6.07, 6.45) is -0.723. The number of esters is 1. The van der Waals surface area contributed by atoms with Gasteiger partial charge in [0.05, 0.1) is 7.11 Å². The van der Waals surface area contributed by atoms with Crippen LogP contribution in [0.25, 0.3) is 0 Å². The first-order valence-electron chi connectivity index (χ1n) is 3.56. The standard InChI is InChI=1S/C7H12FNO2.ClH/c1-7(6(10)11-2)3-5(8)4-9-7;/h5,9H,3-4H2,1-2H3;1H/t5-,7?;/m1./s1. The number of ether oxygens (including phenoxy) is 1. The molecule has 0 aromatic heterocycles. The predicted octanol–water partition coefficient (Wildman–Crippen LogP) is 0.671. The van der Waals surface area contributed by atoms with E-state index in [2.05, 4.69) is 10.1 Å². The fourth-order valence-corrected chi connectivity index (χ4v) is 1.30. The van der Waals surface area contributed by atoms with Gasteiger partial charge in [0.25, 0.3) is 0 Å². The van der Waals surface area contributed by atoms with Gasteiger partial charge in [-0.05, 0) is 6.92 Å². The van der Waals surface area contributed by atoms with Gasteiger partial charge in [-0.25, -0.2) is 4.39 Å². The van der Waals surface area contributed by atoms with Gasteiger partial charge in [0, 0.05) is 13.0 Å². The highest BCUT2D eigenvalue weighted by molar-refractivity contribution is 5.85. The van der Waals surface area contributed by atoms with Crippen LogP contribution in [0.15, 0.2) is 0 Å². The van der Waals surface area contributed by atoms with E-state index < -0.39 is 17.7 Å². The van der Waals surface area contributed by atoms with Crippen molar-refractivity contribution in [2.75, 3.05) is 13.7 Å². The number of carbonyl (C=O) groups excluding carboxylic acids is 1. The lowest BCUT2D eigenvalue weighted by atomic mass is 10.0. The zero-order valence-electron chi connectivity index (χ0n) is 7.09. The Hall–Kier alpha value is -0.350.